The van der Waals surface area contributed by atoms with Gasteiger partial charge in [0, 0.05) is 10.4 Å². The molecule has 1 aromatic carbocycles. The highest BCUT2D eigenvalue weighted by atomic mass is 32.1. The summed E-state index contributed by atoms with van der Waals surface area (Å²) in [6, 6.07) is 6.13. The predicted molar refractivity (Wildman–Crippen MR) is 106 cm³/mol. The molecule has 4 atom stereocenters. The molecule has 0 N–H and O–H groups in total. The minimum absolute atomic E-state index is 0.0969. The average molecular weight is 396 g/mol. The lowest BCUT2D eigenvalue weighted by Gasteiger charge is -2.18. The summed E-state index contributed by atoms with van der Waals surface area (Å²) in [6.07, 6.45) is 1.99. The first-order valence-electron chi connectivity index (χ1n) is 9.67. The van der Waals surface area contributed by atoms with E-state index in [9.17, 15) is 14.0 Å². The van der Waals surface area contributed by atoms with Gasteiger partial charge in [-0.05, 0) is 69.7 Å². The molecule has 0 spiro atoms. The first-order chi connectivity index (χ1) is 13.4. The number of thiazole rings is 1. The van der Waals surface area contributed by atoms with Gasteiger partial charge in [0.15, 0.2) is 5.13 Å². The Morgan fingerprint density at radius 2 is 1.64 bits per heavy atom. The summed E-state index contributed by atoms with van der Waals surface area (Å²) in [4.78, 5) is 33.4. The number of allylic oxidation sites excluding steroid dienone is 2. The Balaban J connectivity index is 1.52. The van der Waals surface area contributed by atoms with Gasteiger partial charge in [0.2, 0.25) is 11.8 Å². The van der Waals surface area contributed by atoms with E-state index in [0.717, 1.165) is 23.3 Å². The fraction of sp³-hybridized carbons (Fsp3) is 0.409. The lowest BCUT2D eigenvalue weighted by molar-refractivity contribution is -0.123. The van der Waals surface area contributed by atoms with Gasteiger partial charge in [0.25, 0.3) is 0 Å². The molecule has 1 saturated heterocycles. The molecular weight excluding hydrogens is 375 g/mol. The molecule has 0 unspecified atom stereocenters. The molecule has 2 saturated carbocycles. The molecule has 2 amide bonds. The number of carbonyl (C=O) groups is 2. The van der Waals surface area contributed by atoms with Crippen LogP contribution in [-0.2, 0) is 9.59 Å². The van der Waals surface area contributed by atoms with Gasteiger partial charge in [-0.15, -0.1) is 11.3 Å². The number of aryl methyl sites for hydroxylation is 1. The fourth-order valence-corrected chi connectivity index (χ4v) is 6.48. The number of carbonyl (C=O) groups excluding carboxylic acids is 2. The normalized spacial score (nSPS) is 28.4. The van der Waals surface area contributed by atoms with Gasteiger partial charge >= 0.3 is 0 Å². The van der Waals surface area contributed by atoms with Gasteiger partial charge in [-0.25, -0.2) is 14.3 Å². The molecule has 3 fully saturated rings. The molecule has 2 bridgehead atoms. The number of anilines is 1. The highest BCUT2D eigenvalue weighted by Crippen LogP contribution is 2.60. The second-order valence-electron chi connectivity index (χ2n) is 8.22. The van der Waals surface area contributed by atoms with Crippen LogP contribution in [-0.4, -0.2) is 16.8 Å². The molecule has 4 nitrogen and oxygen atoms in total. The summed E-state index contributed by atoms with van der Waals surface area (Å²) in [5, 5.41) is 0.444. The zero-order chi connectivity index (χ0) is 19.7. The maximum atomic E-state index is 13.3. The topological polar surface area (TPSA) is 50.3 Å². The van der Waals surface area contributed by atoms with Crippen LogP contribution in [0.2, 0.25) is 0 Å². The van der Waals surface area contributed by atoms with Crippen molar-refractivity contribution in [2.24, 2.45) is 23.7 Å². The molecule has 3 aliphatic rings. The van der Waals surface area contributed by atoms with Gasteiger partial charge in [0.05, 0.1) is 17.5 Å². The zero-order valence-corrected chi connectivity index (χ0v) is 16.8. The molecular formula is C22H21FN2O2S. The maximum absolute atomic E-state index is 13.3. The second kappa shape index (κ2) is 6.08. The number of halogens is 1. The molecule has 6 heteroatoms. The van der Waals surface area contributed by atoms with Crippen molar-refractivity contribution < 1.29 is 14.0 Å². The maximum Gasteiger partial charge on any atom is 0.240 e. The van der Waals surface area contributed by atoms with Crippen molar-refractivity contribution in [2.45, 2.75) is 33.6 Å². The third-order valence-corrected chi connectivity index (χ3v) is 7.48. The number of aromatic nitrogens is 1. The SMILES string of the molecule is CC(C)=C1[C@H]2CC[C@H]1[C@@H]1C(=O)N(c3nc(-c4ccc(F)cc4)c(C)s3)C(=O)[C@H]12. The molecule has 1 aromatic heterocycles. The van der Waals surface area contributed by atoms with Crippen LogP contribution in [0.1, 0.15) is 31.6 Å². The van der Waals surface area contributed by atoms with E-state index < -0.39 is 0 Å². The van der Waals surface area contributed by atoms with Crippen molar-refractivity contribution in [1.29, 1.82) is 0 Å². The lowest BCUT2D eigenvalue weighted by Crippen LogP contribution is -2.33. The molecule has 5 rings (SSSR count). The number of rotatable bonds is 2. The molecule has 1 aliphatic heterocycles. The summed E-state index contributed by atoms with van der Waals surface area (Å²) in [5.41, 5.74) is 4.09. The van der Waals surface area contributed by atoms with Gasteiger partial charge in [-0.1, -0.05) is 11.1 Å². The Morgan fingerprint density at radius 1 is 1.07 bits per heavy atom. The Morgan fingerprint density at radius 3 is 2.18 bits per heavy atom. The lowest BCUT2D eigenvalue weighted by atomic mass is 9.81. The van der Waals surface area contributed by atoms with Crippen LogP contribution in [0.15, 0.2) is 35.4 Å². The number of hydrogen-bond acceptors (Lipinski definition) is 4. The Bertz CT molecular complexity index is 1000. The third kappa shape index (κ3) is 2.30. The Kier molecular flexibility index (Phi) is 3.85. The number of fused-ring (bicyclic) bond motifs is 5. The number of hydrogen-bond donors (Lipinski definition) is 0. The minimum Gasteiger partial charge on any atom is -0.274 e. The second-order valence-corrected chi connectivity index (χ2v) is 9.40. The van der Waals surface area contributed by atoms with Crippen molar-refractivity contribution in [3.8, 4) is 11.3 Å². The van der Waals surface area contributed by atoms with E-state index in [2.05, 4.69) is 18.8 Å². The molecule has 0 radical (unpaired) electrons. The van der Waals surface area contributed by atoms with Gasteiger partial charge in [-0.2, -0.15) is 0 Å². The molecule has 28 heavy (non-hydrogen) atoms. The van der Waals surface area contributed by atoms with E-state index >= 15 is 0 Å². The van der Waals surface area contributed by atoms with Gasteiger partial charge in [-0.3, -0.25) is 9.59 Å². The third-order valence-electron chi connectivity index (χ3n) is 6.52. The van der Waals surface area contributed by atoms with Crippen LogP contribution < -0.4 is 4.90 Å². The first-order valence-corrected chi connectivity index (χ1v) is 10.5. The fourth-order valence-electron chi connectivity index (χ4n) is 5.53. The largest absolute Gasteiger partial charge is 0.274 e. The van der Waals surface area contributed by atoms with Crippen molar-refractivity contribution in [3.05, 3.63) is 46.1 Å². The smallest absolute Gasteiger partial charge is 0.240 e. The van der Waals surface area contributed by atoms with E-state index in [1.54, 1.807) is 12.1 Å². The quantitative estimate of drug-likeness (QED) is 0.544. The summed E-state index contributed by atoms with van der Waals surface area (Å²) < 4.78 is 13.2. The van der Waals surface area contributed by atoms with E-state index in [0.29, 0.717) is 10.8 Å². The Labute approximate surface area is 167 Å². The molecule has 2 heterocycles. The van der Waals surface area contributed by atoms with Crippen LogP contribution in [0.3, 0.4) is 0 Å². The van der Waals surface area contributed by atoms with Crippen LogP contribution in [0.5, 0.6) is 0 Å². The highest BCUT2D eigenvalue weighted by Gasteiger charge is 2.64. The summed E-state index contributed by atoms with van der Waals surface area (Å²) >= 11 is 1.35. The van der Waals surface area contributed by atoms with Crippen LogP contribution in [0, 0.1) is 36.4 Å². The van der Waals surface area contributed by atoms with Crippen LogP contribution in [0.4, 0.5) is 9.52 Å². The van der Waals surface area contributed by atoms with Crippen molar-refractivity contribution in [1.82, 2.24) is 4.98 Å². The van der Waals surface area contributed by atoms with Crippen molar-refractivity contribution in [2.75, 3.05) is 4.90 Å². The summed E-state index contributed by atoms with van der Waals surface area (Å²) in [7, 11) is 0. The first kappa shape index (κ1) is 17.7. The van der Waals surface area contributed by atoms with E-state index in [4.69, 9.17) is 0 Å². The van der Waals surface area contributed by atoms with Crippen molar-refractivity contribution in [3.63, 3.8) is 0 Å². The van der Waals surface area contributed by atoms with Crippen LogP contribution >= 0.6 is 11.3 Å². The van der Waals surface area contributed by atoms with Crippen molar-refractivity contribution >= 4 is 28.3 Å². The number of imide groups is 1. The minimum atomic E-state index is -0.305. The van der Waals surface area contributed by atoms with Gasteiger partial charge in [0.1, 0.15) is 5.82 Å². The van der Waals surface area contributed by atoms with Gasteiger partial charge < -0.3 is 0 Å². The number of nitrogens with zero attached hydrogens (tertiary/aromatic N) is 2. The Hall–Kier alpha value is -2.34. The molecule has 2 aliphatic carbocycles. The monoisotopic (exact) mass is 396 g/mol. The highest BCUT2D eigenvalue weighted by molar-refractivity contribution is 7.16. The summed E-state index contributed by atoms with van der Waals surface area (Å²) in [5.74, 6) is -0.539. The van der Waals surface area contributed by atoms with Crippen LogP contribution in [0.25, 0.3) is 11.3 Å². The average Bonchev–Trinajstić information content (AvgIpc) is 3.37. The predicted octanol–water partition coefficient (Wildman–Crippen LogP) is 4.74. The van der Waals surface area contributed by atoms with E-state index in [-0.39, 0.29) is 41.3 Å². The summed E-state index contributed by atoms with van der Waals surface area (Å²) in [6.45, 7) is 6.10. The standard InChI is InChI=1S/C22H21FN2O2S/c1-10(2)16-14-8-9-15(16)18-17(14)20(26)25(21(18)27)22-24-19(11(3)28-22)12-4-6-13(23)7-5-12/h4-7,14-15,17-18H,8-9H2,1-3H3/t14-,15-,17+,18+/m1/s1. The molecule has 144 valence electrons. The van der Waals surface area contributed by atoms with E-state index in [1.807, 2.05) is 6.92 Å². The van der Waals surface area contributed by atoms with E-state index in [1.165, 1.54) is 39.5 Å². The number of benzene rings is 1. The number of amides is 2. The molecule has 2 aromatic rings. The zero-order valence-electron chi connectivity index (χ0n) is 16.0.